The third-order valence-electron chi connectivity index (χ3n) is 20.4. The van der Waals surface area contributed by atoms with E-state index in [1.165, 1.54) is 162 Å². The first-order valence-corrected chi connectivity index (χ1v) is 39.5. The molecule has 516 valence electrons. The van der Waals surface area contributed by atoms with Gasteiger partial charge in [0, 0.05) is 173 Å². The summed E-state index contributed by atoms with van der Waals surface area (Å²) >= 11 is 5.46. The Bertz CT molecular complexity index is 6390. The Morgan fingerprint density at radius 3 is 0.952 bits per heavy atom. The van der Waals surface area contributed by atoms with Gasteiger partial charge in [-0.05, 0) is 207 Å². The highest BCUT2D eigenvalue weighted by atomic mass is 32.1. The summed E-state index contributed by atoms with van der Waals surface area (Å²) in [7, 11) is 0. The van der Waals surface area contributed by atoms with Gasteiger partial charge in [-0.3, -0.25) is 4.98 Å². The molecular formula is C96H84N6S3. The van der Waals surface area contributed by atoms with Crippen LogP contribution in [0.1, 0.15) is 52.3 Å². The first kappa shape index (κ1) is 68.1. The normalized spacial score (nSPS) is 11.4. The smallest absolute Gasteiger partial charge is 0.0702 e. The van der Waals surface area contributed by atoms with Gasteiger partial charge >= 0.3 is 0 Å². The second kappa shape index (κ2) is 30.5. The minimum atomic E-state index is 0.979. The van der Waals surface area contributed by atoms with E-state index in [9.17, 15) is 0 Å². The lowest BCUT2D eigenvalue weighted by molar-refractivity contribution is 0.724. The van der Waals surface area contributed by atoms with E-state index in [4.69, 9.17) is 0 Å². The van der Waals surface area contributed by atoms with Gasteiger partial charge in [0.25, 0.3) is 0 Å². The lowest BCUT2D eigenvalue weighted by Gasteiger charge is -2.06. The third kappa shape index (κ3) is 13.3. The predicted octanol–water partition coefficient (Wildman–Crippen LogP) is 28.1. The first-order valence-electron chi connectivity index (χ1n) is 37.0. The van der Waals surface area contributed by atoms with E-state index < -0.39 is 0 Å². The first-order chi connectivity index (χ1) is 51.8. The quantitative estimate of drug-likeness (QED) is 0.120. The summed E-state index contributed by atoms with van der Waals surface area (Å²) in [4.78, 5) is 9.84. The van der Waals surface area contributed by atoms with Crippen molar-refractivity contribution in [3.63, 3.8) is 0 Å². The summed E-state index contributed by atoms with van der Waals surface area (Å²) in [6, 6.07) is 107. The third-order valence-corrected chi connectivity index (χ3v) is 23.3. The van der Waals surface area contributed by atoms with Crippen molar-refractivity contribution in [2.45, 2.75) is 87.1 Å². The summed E-state index contributed by atoms with van der Waals surface area (Å²) in [5.74, 6) is 0. The number of nitrogens with zero attached hydrogens (tertiary/aromatic N) is 6. The van der Waals surface area contributed by atoms with Crippen LogP contribution in [0.3, 0.4) is 0 Å². The second-order valence-electron chi connectivity index (χ2n) is 26.7. The maximum Gasteiger partial charge on any atom is 0.0702 e. The van der Waals surface area contributed by atoms with E-state index in [0.29, 0.717) is 0 Å². The van der Waals surface area contributed by atoms with Gasteiger partial charge in [0.2, 0.25) is 0 Å². The number of para-hydroxylation sites is 5. The van der Waals surface area contributed by atoms with Crippen LogP contribution in [0.2, 0.25) is 0 Å². The standard InChI is InChI=1S/C21H19N.C19H16N2.2C19H17NS.C18H15NS/c1-2-14-22-20-11-7-6-10-18(20)19-15-17(12-13-21(19)22)16-8-4-3-5-9-16;1-2-21-18-9-4-3-7-15(18)16-13-14(10-11-19(16)21)17-8-5-6-12-20-17;1-3-20-17-7-5-4-6-15(17)16-12-14(9-10-18(16)20)19-11-8-13(2)21-19;1-2-11-20-17-7-4-3-6-15(17)16-13-14(9-10-18(16)20)19-8-5-12-21-19;1-2-19-16-7-4-3-6-14(16)15-12-13(9-10-17(15)19)18-8-5-11-20-18/h3-13,15H,2,14H2,1H3;3-13H,2H2,1H3;4-12H,3H2,1-2H3;3-10,12-13H,2,11H2,1H3;3-12H,2H2,1H3. The highest BCUT2D eigenvalue weighted by Crippen LogP contribution is 2.40. The minimum Gasteiger partial charge on any atom is -0.341 e. The molecule has 9 heteroatoms. The average molecular weight is 1420 g/mol. The van der Waals surface area contributed by atoms with Crippen molar-refractivity contribution < 1.29 is 0 Å². The Balaban J connectivity index is 0.000000101. The molecule has 6 nitrogen and oxygen atoms in total. The Labute approximate surface area is 626 Å². The molecular weight excluding hydrogens is 1330 g/mol. The van der Waals surface area contributed by atoms with Gasteiger partial charge in [0.1, 0.15) is 0 Å². The number of hydrogen-bond donors (Lipinski definition) is 0. The molecule has 0 aliphatic rings. The summed E-state index contributed by atoms with van der Waals surface area (Å²) in [5, 5.41) is 17.7. The molecule has 0 spiro atoms. The molecule has 20 rings (SSSR count). The monoisotopic (exact) mass is 1420 g/mol. The van der Waals surface area contributed by atoms with Crippen LogP contribution < -0.4 is 0 Å². The van der Waals surface area contributed by atoms with E-state index >= 15 is 0 Å². The number of fused-ring (bicyclic) bond motifs is 15. The van der Waals surface area contributed by atoms with E-state index in [2.05, 4.69) is 365 Å². The van der Waals surface area contributed by atoms with E-state index in [1.54, 1.807) is 22.7 Å². The Morgan fingerprint density at radius 1 is 0.257 bits per heavy atom. The fourth-order valence-corrected chi connectivity index (χ4v) is 18.0. The van der Waals surface area contributed by atoms with Crippen molar-refractivity contribution >= 4 is 143 Å². The average Bonchev–Trinajstić information content (AvgIpc) is 1.64. The molecule has 11 aromatic carbocycles. The zero-order valence-corrected chi connectivity index (χ0v) is 62.8. The van der Waals surface area contributed by atoms with Gasteiger partial charge in [-0.25, -0.2) is 0 Å². The van der Waals surface area contributed by atoms with Crippen molar-refractivity contribution in [3.8, 4) is 53.7 Å². The van der Waals surface area contributed by atoms with Crippen molar-refractivity contribution in [1.82, 2.24) is 27.8 Å². The molecule has 0 fully saturated rings. The van der Waals surface area contributed by atoms with Crippen LogP contribution in [0.25, 0.3) is 163 Å². The van der Waals surface area contributed by atoms with Crippen molar-refractivity contribution in [3.05, 3.63) is 319 Å². The van der Waals surface area contributed by atoms with Crippen LogP contribution in [0, 0.1) is 6.92 Å². The fraction of sp³-hybridized carbons (Fsp3) is 0.135. The number of benzene rings is 11. The molecule has 9 heterocycles. The Kier molecular flexibility index (Phi) is 19.8. The molecule has 0 bridgehead atoms. The summed E-state index contributed by atoms with van der Waals surface area (Å²) < 4.78 is 12.0. The Hall–Kier alpha value is -11.3. The maximum atomic E-state index is 4.46. The Morgan fingerprint density at radius 2 is 0.590 bits per heavy atom. The topological polar surface area (TPSA) is 37.5 Å². The number of aryl methyl sites for hydroxylation is 6. The van der Waals surface area contributed by atoms with Crippen molar-refractivity contribution in [1.29, 1.82) is 0 Å². The van der Waals surface area contributed by atoms with Crippen molar-refractivity contribution in [2.75, 3.05) is 0 Å². The largest absolute Gasteiger partial charge is 0.341 e. The fourth-order valence-electron chi connectivity index (χ4n) is 15.7. The molecule has 9 aromatic heterocycles. The van der Waals surface area contributed by atoms with Crippen molar-refractivity contribution in [2.24, 2.45) is 0 Å². The molecule has 0 saturated carbocycles. The van der Waals surface area contributed by atoms with Crippen LogP contribution in [-0.4, -0.2) is 27.8 Å². The van der Waals surface area contributed by atoms with Gasteiger partial charge < -0.3 is 22.8 Å². The second-order valence-corrected chi connectivity index (χ2v) is 29.9. The highest BCUT2D eigenvalue weighted by Gasteiger charge is 2.17. The SMILES string of the molecule is CCCn1c2ccccc2c2cc(-c3ccccc3)ccc21.CCCn1c2ccccc2c2cc(-c3cccs3)ccc21.CCn1c2ccccc2c2cc(-c3ccc(C)s3)ccc21.CCn1c2ccccc2c2cc(-c3ccccn3)ccc21.CCn1c2ccccc2c2cc(-c3cccs3)ccc21. The predicted molar refractivity (Wildman–Crippen MR) is 458 cm³/mol. The van der Waals surface area contributed by atoms with Crippen LogP contribution in [0.15, 0.2) is 314 Å². The number of aromatic nitrogens is 6. The molecule has 0 atom stereocenters. The summed E-state index contributed by atoms with van der Waals surface area (Å²) in [6.07, 6.45) is 4.14. The molecule has 0 unspecified atom stereocenters. The molecule has 105 heavy (non-hydrogen) atoms. The van der Waals surface area contributed by atoms with Crippen LogP contribution >= 0.6 is 34.0 Å². The summed E-state index contributed by atoms with van der Waals surface area (Å²) in [6.45, 7) is 18.4. The van der Waals surface area contributed by atoms with Crippen LogP contribution in [0.4, 0.5) is 0 Å². The number of rotatable bonds is 12. The van der Waals surface area contributed by atoms with E-state index in [-0.39, 0.29) is 0 Å². The van der Waals surface area contributed by atoms with Gasteiger partial charge in [-0.2, -0.15) is 0 Å². The lowest BCUT2D eigenvalue weighted by Crippen LogP contribution is -1.95. The molecule has 0 radical (unpaired) electrons. The number of hydrogen-bond acceptors (Lipinski definition) is 4. The van der Waals surface area contributed by atoms with E-state index in [1.807, 2.05) is 29.7 Å². The molecule has 0 aliphatic heterocycles. The molecule has 0 amide bonds. The molecule has 0 saturated heterocycles. The maximum absolute atomic E-state index is 4.46. The molecule has 0 N–H and O–H groups in total. The lowest BCUT2D eigenvalue weighted by atomic mass is 10.0. The number of thiophene rings is 3. The van der Waals surface area contributed by atoms with Gasteiger partial charge in [-0.1, -0.05) is 184 Å². The van der Waals surface area contributed by atoms with Crippen LogP contribution in [-0.2, 0) is 32.7 Å². The zero-order valence-electron chi connectivity index (χ0n) is 60.4. The van der Waals surface area contributed by atoms with Crippen LogP contribution in [0.5, 0.6) is 0 Å². The number of pyridine rings is 1. The summed E-state index contributed by atoms with van der Waals surface area (Å²) in [5.41, 5.74) is 22.0. The minimum absolute atomic E-state index is 0.979. The highest BCUT2D eigenvalue weighted by molar-refractivity contribution is 7.15. The zero-order chi connectivity index (χ0) is 71.3. The van der Waals surface area contributed by atoms with E-state index in [0.717, 1.165) is 51.3 Å². The van der Waals surface area contributed by atoms with Gasteiger partial charge in [0.05, 0.1) is 5.69 Å². The molecule has 20 aromatic rings. The van der Waals surface area contributed by atoms with Gasteiger partial charge in [-0.15, -0.1) is 34.0 Å². The molecule has 0 aliphatic carbocycles. The van der Waals surface area contributed by atoms with Gasteiger partial charge in [0.15, 0.2) is 0 Å².